The molecule has 0 aliphatic rings. The summed E-state index contributed by atoms with van der Waals surface area (Å²) in [7, 11) is 0. The van der Waals surface area contributed by atoms with Gasteiger partial charge >= 0.3 is 47.9 Å². The van der Waals surface area contributed by atoms with Crippen molar-refractivity contribution in [2.75, 3.05) is 0 Å². The van der Waals surface area contributed by atoms with E-state index in [1.165, 1.54) is 0 Å². The van der Waals surface area contributed by atoms with Gasteiger partial charge in [-0.3, -0.25) is 4.79 Å². The van der Waals surface area contributed by atoms with E-state index in [9.17, 15) is 75.0 Å². The second-order valence-corrected chi connectivity index (χ2v) is 8.61. The van der Waals surface area contributed by atoms with Gasteiger partial charge < -0.3 is 0 Å². The van der Waals surface area contributed by atoms with Gasteiger partial charge in [0.1, 0.15) is 0 Å². The lowest BCUT2D eigenvalue weighted by Crippen LogP contribution is -2.73. The highest BCUT2D eigenvalue weighted by Gasteiger charge is 2.93. The fourth-order valence-corrected chi connectivity index (χ4v) is 3.13. The maximum absolute atomic E-state index is 13.8. The minimum Gasteiger partial charge on any atom is -0.281 e. The Morgan fingerprint density at radius 1 is 0.514 bits per heavy atom. The maximum Gasteiger partial charge on any atom is 0.384 e. The molecule has 37 heavy (non-hydrogen) atoms. The first-order valence-corrected chi connectivity index (χ1v) is 10.8. The molecule has 0 fully saturated rings. The molecule has 0 aromatic heterocycles. The van der Waals surface area contributed by atoms with Crippen LogP contribution in [-0.4, -0.2) is 53.1 Å². The lowest BCUT2D eigenvalue weighted by Gasteiger charge is -2.42. The number of unbranched alkanes of at least 4 members (excludes halogenated alkanes) is 7. The molecule has 0 spiro atoms. The Labute approximate surface area is 204 Å². The van der Waals surface area contributed by atoms with Crippen LogP contribution in [0.5, 0.6) is 0 Å². The van der Waals surface area contributed by atoms with Crippen LogP contribution in [0.3, 0.4) is 0 Å². The molecule has 0 radical (unpaired) electrons. The Morgan fingerprint density at radius 3 is 1.22 bits per heavy atom. The van der Waals surface area contributed by atoms with E-state index in [0.717, 1.165) is 0 Å². The van der Waals surface area contributed by atoms with Gasteiger partial charge in [-0.25, -0.2) is 8.78 Å². The summed E-state index contributed by atoms with van der Waals surface area (Å²) in [5, 5.41) is -0.565. The summed E-state index contributed by atoms with van der Waals surface area (Å²) in [6.07, 6.45) is -7.15. The van der Waals surface area contributed by atoms with Crippen LogP contribution in [0.25, 0.3) is 0 Å². The van der Waals surface area contributed by atoms with E-state index in [2.05, 4.69) is 0 Å². The third-order valence-electron chi connectivity index (χ3n) is 5.34. The SMILES string of the molecule is O=C(Cl)CCCCCCCCCCC(F)(F)C(F)(F)C(F)(F)C(F)(F)C(F)(F)C(F)(F)C(F)(F)C(F)F. The lowest BCUT2D eigenvalue weighted by molar-refractivity contribution is -0.447. The first-order valence-electron chi connectivity index (χ1n) is 10.5. The fourth-order valence-electron chi connectivity index (χ4n) is 3.00. The second kappa shape index (κ2) is 12.3. The van der Waals surface area contributed by atoms with Gasteiger partial charge in [0, 0.05) is 12.8 Å². The lowest BCUT2D eigenvalue weighted by atomic mass is 9.88. The summed E-state index contributed by atoms with van der Waals surface area (Å²) in [6.45, 7) is 0. The van der Waals surface area contributed by atoms with Crippen LogP contribution in [0.15, 0.2) is 0 Å². The average Bonchev–Trinajstić information content (AvgIpc) is 2.73. The average molecular weight is 605 g/mol. The van der Waals surface area contributed by atoms with Crippen molar-refractivity contribution in [3.63, 3.8) is 0 Å². The quantitative estimate of drug-likeness (QED) is 0.0866. The molecule has 0 rings (SSSR count). The molecule has 0 unspecified atom stereocenters. The van der Waals surface area contributed by atoms with Gasteiger partial charge in [0.15, 0.2) is 0 Å². The third kappa shape index (κ3) is 7.08. The van der Waals surface area contributed by atoms with Crippen molar-refractivity contribution in [3.05, 3.63) is 0 Å². The predicted octanol–water partition coefficient (Wildman–Crippen LogP) is 9.36. The maximum atomic E-state index is 13.8. The third-order valence-corrected chi connectivity index (χ3v) is 5.53. The number of rotatable bonds is 18. The molecule has 0 amide bonds. The molecule has 0 aliphatic heterocycles. The van der Waals surface area contributed by atoms with Crippen molar-refractivity contribution in [2.24, 2.45) is 0 Å². The van der Waals surface area contributed by atoms with E-state index >= 15 is 0 Å². The van der Waals surface area contributed by atoms with Gasteiger partial charge in [0.05, 0.1) is 0 Å². The highest BCUT2D eigenvalue weighted by molar-refractivity contribution is 6.63. The number of halogens is 17. The van der Waals surface area contributed by atoms with E-state index < -0.39 is 66.0 Å². The van der Waals surface area contributed by atoms with E-state index in [4.69, 9.17) is 11.6 Å². The minimum absolute atomic E-state index is 0.0373. The van der Waals surface area contributed by atoms with Crippen molar-refractivity contribution in [1.82, 2.24) is 0 Å². The standard InChI is InChI=1S/C19H21ClF16O/c20-11(37)9-7-5-3-1-2-4-6-8-10-13(23,24)15(27,28)17(31,32)19(35,36)18(33,34)16(29,30)14(25,26)12(21)22/h12H,1-10H2. The second-order valence-electron chi connectivity index (χ2n) is 8.18. The van der Waals surface area contributed by atoms with Gasteiger partial charge in [-0.05, 0) is 24.4 Å². The summed E-state index contributed by atoms with van der Waals surface area (Å²) >= 11 is 5.10. The molecule has 0 aromatic carbocycles. The van der Waals surface area contributed by atoms with E-state index in [0.29, 0.717) is 32.1 Å². The molecule has 0 atom stereocenters. The molecule has 0 heterocycles. The molecular weight excluding hydrogens is 584 g/mol. The predicted molar refractivity (Wildman–Crippen MR) is 97.7 cm³/mol. The van der Waals surface area contributed by atoms with Crippen molar-refractivity contribution in [1.29, 1.82) is 0 Å². The summed E-state index contributed by atoms with van der Waals surface area (Å²) in [4.78, 5) is 10.5. The Morgan fingerprint density at radius 2 is 0.838 bits per heavy atom. The number of carbonyl (C=O) groups excluding carboxylic acids is 1. The molecule has 222 valence electrons. The molecular formula is C19H21ClF16O. The van der Waals surface area contributed by atoms with Crippen LogP contribution in [0.4, 0.5) is 70.2 Å². The summed E-state index contributed by atoms with van der Waals surface area (Å²) in [5.74, 6) is -54.0. The zero-order valence-corrected chi connectivity index (χ0v) is 19.2. The number of alkyl halides is 16. The van der Waals surface area contributed by atoms with Crippen LogP contribution in [0, 0.1) is 0 Å². The topological polar surface area (TPSA) is 17.1 Å². The Balaban J connectivity index is 5.39. The van der Waals surface area contributed by atoms with Gasteiger partial charge in [-0.15, -0.1) is 0 Å². The van der Waals surface area contributed by atoms with Gasteiger partial charge in [-0.2, -0.15) is 61.5 Å². The molecule has 1 nitrogen and oxygen atoms in total. The zero-order chi connectivity index (χ0) is 29.7. The van der Waals surface area contributed by atoms with E-state index in [1.54, 1.807) is 0 Å². The highest BCUT2D eigenvalue weighted by Crippen LogP contribution is 2.63. The first-order chi connectivity index (χ1) is 16.4. The Kier molecular flexibility index (Phi) is 12.0. The van der Waals surface area contributed by atoms with Crippen LogP contribution in [0.1, 0.15) is 64.2 Å². The van der Waals surface area contributed by atoms with Crippen LogP contribution >= 0.6 is 11.6 Å². The molecule has 0 N–H and O–H groups in total. The molecule has 0 aliphatic carbocycles. The monoisotopic (exact) mass is 604 g/mol. The number of hydrogen-bond acceptors (Lipinski definition) is 1. The van der Waals surface area contributed by atoms with Crippen LogP contribution in [-0.2, 0) is 4.79 Å². The summed E-state index contributed by atoms with van der Waals surface area (Å²) in [5.41, 5.74) is 0. The molecule has 0 saturated carbocycles. The Hall–Kier alpha value is -1.16. The van der Waals surface area contributed by atoms with Crippen molar-refractivity contribution in [3.8, 4) is 0 Å². The van der Waals surface area contributed by atoms with Gasteiger partial charge in [-0.1, -0.05) is 38.5 Å². The first kappa shape index (κ1) is 35.8. The smallest absolute Gasteiger partial charge is 0.281 e. The molecule has 18 heteroatoms. The highest BCUT2D eigenvalue weighted by atomic mass is 35.5. The Bertz CT molecular complexity index is 738. The van der Waals surface area contributed by atoms with Crippen molar-refractivity contribution >= 4 is 16.8 Å². The van der Waals surface area contributed by atoms with Crippen LogP contribution in [0.2, 0.25) is 0 Å². The normalized spacial score (nSPS) is 15.0. The van der Waals surface area contributed by atoms with Crippen LogP contribution < -0.4 is 0 Å². The fraction of sp³-hybridized carbons (Fsp3) is 0.947. The minimum atomic E-state index is -8.34. The number of hydrogen-bond donors (Lipinski definition) is 0. The van der Waals surface area contributed by atoms with Crippen molar-refractivity contribution in [2.45, 2.75) is 112 Å². The van der Waals surface area contributed by atoms with Gasteiger partial charge in [0.2, 0.25) is 5.24 Å². The van der Waals surface area contributed by atoms with E-state index in [-0.39, 0.29) is 19.3 Å². The zero-order valence-electron chi connectivity index (χ0n) is 18.5. The molecule has 0 bridgehead atoms. The molecule has 0 saturated heterocycles. The van der Waals surface area contributed by atoms with Crippen molar-refractivity contribution < 1.29 is 75.0 Å². The van der Waals surface area contributed by atoms with Gasteiger partial charge in [0.25, 0.3) is 0 Å². The van der Waals surface area contributed by atoms with E-state index in [1.807, 2.05) is 0 Å². The molecule has 0 aromatic rings. The largest absolute Gasteiger partial charge is 0.384 e. The summed E-state index contributed by atoms with van der Waals surface area (Å²) < 4.78 is 212. The summed E-state index contributed by atoms with van der Waals surface area (Å²) in [6, 6.07) is 0. The number of carbonyl (C=O) groups is 1.